The van der Waals surface area contributed by atoms with Crippen LogP contribution in [0.5, 0.6) is 17.2 Å². The van der Waals surface area contributed by atoms with Gasteiger partial charge in [-0.15, -0.1) is 0 Å². The molecule has 0 saturated carbocycles. The number of Topliss-reactive ketones (excluding diaryl/α,β-unsaturated/α-hetero) is 2. The molecule has 1 aliphatic carbocycles. The van der Waals surface area contributed by atoms with Crippen molar-refractivity contribution in [2.24, 2.45) is 0 Å². The standard InChI is InChI=1S/C54H40O11/c1-34-50(64-45(58)31-27-39-21-13-7-14-22-39)47(35(2)55)52-49(51(34)65-46(59)32-28-40-23-15-8-16-24-40)54(4)42(63-52)33-41(62-44(57)30-26-38-19-11-6-12-20-38)48(53(54)60)36(3)61-43(56)29-25-37-17-9-5-10-18-37/h5-33H,3H2,1-2,4H3/b29-25+,30-26+,31-27+,32-28+/t54-/m0/s1. The fourth-order valence-electron chi connectivity index (χ4n) is 7.10. The lowest BCUT2D eigenvalue weighted by Crippen LogP contribution is -2.38. The van der Waals surface area contributed by atoms with Gasteiger partial charge in [-0.05, 0) is 67.3 Å². The minimum absolute atomic E-state index is 0.000791. The lowest BCUT2D eigenvalue weighted by Gasteiger charge is -2.30. The van der Waals surface area contributed by atoms with E-state index in [1.807, 2.05) is 24.3 Å². The predicted octanol–water partition coefficient (Wildman–Crippen LogP) is 9.83. The van der Waals surface area contributed by atoms with E-state index < -0.39 is 58.0 Å². The normalized spacial score (nSPS) is 15.4. The molecule has 0 radical (unpaired) electrons. The van der Waals surface area contributed by atoms with Crippen LogP contribution in [-0.4, -0.2) is 35.4 Å². The number of hydrogen-bond donors (Lipinski definition) is 0. The second kappa shape index (κ2) is 19.6. The topological polar surface area (TPSA) is 149 Å². The Morgan fingerprint density at radius 3 is 1.42 bits per heavy atom. The highest BCUT2D eigenvalue weighted by Gasteiger charge is 2.57. The van der Waals surface area contributed by atoms with Crippen molar-refractivity contribution in [3.05, 3.63) is 220 Å². The van der Waals surface area contributed by atoms with Crippen LogP contribution in [0.1, 0.15) is 57.6 Å². The molecule has 2 aliphatic rings. The predicted molar refractivity (Wildman–Crippen MR) is 244 cm³/mol. The van der Waals surface area contributed by atoms with Gasteiger partial charge in [-0.1, -0.05) is 128 Å². The van der Waals surface area contributed by atoms with Gasteiger partial charge in [-0.25, -0.2) is 19.2 Å². The largest absolute Gasteiger partial charge is 0.459 e. The lowest BCUT2D eigenvalue weighted by molar-refractivity contribution is -0.134. The molecule has 65 heavy (non-hydrogen) atoms. The van der Waals surface area contributed by atoms with Crippen LogP contribution in [-0.2, 0) is 38.9 Å². The van der Waals surface area contributed by atoms with Gasteiger partial charge in [0, 0.05) is 35.9 Å². The molecule has 0 fully saturated rings. The minimum atomic E-state index is -1.96. The van der Waals surface area contributed by atoms with Crippen molar-refractivity contribution < 1.29 is 52.5 Å². The molecule has 11 nitrogen and oxygen atoms in total. The van der Waals surface area contributed by atoms with E-state index in [2.05, 4.69) is 6.58 Å². The number of carbonyl (C=O) groups excluding carboxylic acids is 6. The molecular formula is C54H40O11. The molecule has 0 amide bonds. The molecule has 0 spiro atoms. The summed E-state index contributed by atoms with van der Waals surface area (Å²) >= 11 is 0. The first kappa shape index (κ1) is 44.4. The molecule has 0 unspecified atom stereocenters. The Kier molecular flexibility index (Phi) is 13.3. The Balaban J connectivity index is 1.34. The summed E-state index contributed by atoms with van der Waals surface area (Å²) in [5, 5.41) is 0. The molecule has 1 aliphatic heterocycles. The summed E-state index contributed by atoms with van der Waals surface area (Å²) < 4.78 is 29.6. The quantitative estimate of drug-likeness (QED) is 0.0345. The van der Waals surface area contributed by atoms with Crippen molar-refractivity contribution in [3.63, 3.8) is 0 Å². The van der Waals surface area contributed by atoms with Crippen LogP contribution < -0.4 is 14.2 Å². The number of carbonyl (C=O) groups is 6. The molecule has 11 heteroatoms. The Hall–Kier alpha value is -8.70. The van der Waals surface area contributed by atoms with Crippen LogP contribution in [0.15, 0.2) is 181 Å². The van der Waals surface area contributed by atoms with Crippen LogP contribution in [0.3, 0.4) is 0 Å². The monoisotopic (exact) mass is 864 g/mol. The van der Waals surface area contributed by atoms with Gasteiger partial charge in [-0.2, -0.15) is 0 Å². The van der Waals surface area contributed by atoms with Crippen LogP contribution in [0, 0.1) is 6.92 Å². The number of ether oxygens (including phenoxy) is 5. The average molecular weight is 865 g/mol. The Bertz CT molecular complexity index is 2920. The Morgan fingerprint density at radius 1 is 0.585 bits per heavy atom. The van der Waals surface area contributed by atoms with Crippen molar-refractivity contribution in [1.29, 1.82) is 0 Å². The first-order chi connectivity index (χ1) is 31.3. The van der Waals surface area contributed by atoms with E-state index in [4.69, 9.17) is 23.7 Å². The van der Waals surface area contributed by atoms with Crippen LogP contribution in [0.25, 0.3) is 24.3 Å². The third kappa shape index (κ3) is 10.0. The summed E-state index contributed by atoms with van der Waals surface area (Å²) in [7, 11) is 0. The molecule has 1 heterocycles. The van der Waals surface area contributed by atoms with Gasteiger partial charge in [0.25, 0.3) is 0 Å². The summed E-state index contributed by atoms with van der Waals surface area (Å²) in [4.78, 5) is 82.8. The average Bonchev–Trinajstić information content (AvgIpc) is 3.60. The fourth-order valence-corrected chi connectivity index (χ4v) is 7.10. The zero-order chi connectivity index (χ0) is 46.1. The lowest BCUT2D eigenvalue weighted by atomic mass is 9.71. The van der Waals surface area contributed by atoms with E-state index in [-0.39, 0.29) is 39.7 Å². The second-order valence-electron chi connectivity index (χ2n) is 14.8. The molecule has 0 saturated heterocycles. The Labute approximate surface area is 374 Å². The van der Waals surface area contributed by atoms with Crippen molar-refractivity contribution in [1.82, 2.24) is 0 Å². The van der Waals surface area contributed by atoms with E-state index in [1.54, 1.807) is 97.1 Å². The van der Waals surface area contributed by atoms with Crippen molar-refractivity contribution in [2.75, 3.05) is 0 Å². The van der Waals surface area contributed by atoms with Gasteiger partial charge in [0.1, 0.15) is 45.3 Å². The zero-order valence-electron chi connectivity index (χ0n) is 35.4. The third-order valence-corrected chi connectivity index (χ3v) is 10.3. The molecule has 5 aromatic rings. The fraction of sp³-hybridized carbons (Fsp3) is 0.0741. The zero-order valence-corrected chi connectivity index (χ0v) is 35.4. The van der Waals surface area contributed by atoms with Gasteiger partial charge in [0.2, 0.25) is 0 Å². The van der Waals surface area contributed by atoms with Crippen molar-refractivity contribution in [3.8, 4) is 17.2 Å². The van der Waals surface area contributed by atoms with Crippen molar-refractivity contribution >= 4 is 59.7 Å². The molecule has 5 aromatic carbocycles. The molecule has 0 N–H and O–H groups in total. The van der Waals surface area contributed by atoms with Crippen molar-refractivity contribution in [2.45, 2.75) is 26.2 Å². The van der Waals surface area contributed by atoms with E-state index in [1.165, 1.54) is 63.3 Å². The van der Waals surface area contributed by atoms with E-state index >= 15 is 4.79 Å². The number of ketones is 2. The van der Waals surface area contributed by atoms with Crippen LogP contribution in [0.2, 0.25) is 0 Å². The number of benzene rings is 5. The van der Waals surface area contributed by atoms with E-state index in [0.717, 1.165) is 12.2 Å². The maximum atomic E-state index is 15.3. The SMILES string of the molecule is C=C(OC(=O)/C=C/c1ccccc1)C1=C(OC(=O)/C=C/c2ccccc2)C=C2Oc3c(C(C)=O)c(OC(=O)/C=C/c4ccccc4)c(C)c(OC(=O)/C=C/c4ccccc4)c3[C@@]2(C)C1=O. The minimum Gasteiger partial charge on any atom is -0.459 e. The third-order valence-electron chi connectivity index (χ3n) is 10.3. The summed E-state index contributed by atoms with van der Waals surface area (Å²) in [5.74, 6) is -6.94. The number of esters is 4. The molecule has 1 atom stereocenters. The van der Waals surface area contributed by atoms with Crippen LogP contribution >= 0.6 is 0 Å². The molecule has 0 aromatic heterocycles. The number of fused-ring (bicyclic) bond motifs is 3. The summed E-state index contributed by atoms with van der Waals surface area (Å²) in [6, 6.07) is 35.7. The van der Waals surface area contributed by atoms with Gasteiger partial charge in [-0.3, -0.25) is 9.59 Å². The second-order valence-corrected chi connectivity index (χ2v) is 14.8. The number of hydrogen-bond acceptors (Lipinski definition) is 11. The van der Waals surface area contributed by atoms with Gasteiger partial charge < -0.3 is 23.7 Å². The molecular weight excluding hydrogens is 825 g/mol. The van der Waals surface area contributed by atoms with Crippen LogP contribution in [0.4, 0.5) is 0 Å². The number of rotatable bonds is 14. The maximum absolute atomic E-state index is 15.3. The Morgan fingerprint density at radius 2 is 0.985 bits per heavy atom. The first-order valence-corrected chi connectivity index (χ1v) is 20.2. The summed E-state index contributed by atoms with van der Waals surface area (Å²) in [6.07, 6.45) is 11.9. The smallest absolute Gasteiger partial charge is 0.336 e. The van der Waals surface area contributed by atoms with Gasteiger partial charge in [0.15, 0.2) is 17.3 Å². The summed E-state index contributed by atoms with van der Waals surface area (Å²) in [6.45, 7) is 8.02. The van der Waals surface area contributed by atoms with E-state index in [0.29, 0.717) is 22.3 Å². The van der Waals surface area contributed by atoms with Gasteiger partial charge in [0.05, 0.1) is 5.56 Å². The number of allylic oxidation sites excluding steroid dienone is 3. The summed E-state index contributed by atoms with van der Waals surface area (Å²) in [5.41, 5.74) is 0.0307. The van der Waals surface area contributed by atoms with Gasteiger partial charge >= 0.3 is 23.9 Å². The first-order valence-electron chi connectivity index (χ1n) is 20.2. The molecule has 322 valence electrons. The highest BCUT2D eigenvalue weighted by Crippen LogP contribution is 2.59. The molecule has 7 rings (SSSR count). The maximum Gasteiger partial charge on any atom is 0.336 e. The van der Waals surface area contributed by atoms with E-state index in [9.17, 15) is 24.0 Å². The highest BCUT2D eigenvalue weighted by atomic mass is 16.6. The highest BCUT2D eigenvalue weighted by molar-refractivity contribution is 6.14. The molecule has 0 bridgehead atoms.